The summed E-state index contributed by atoms with van der Waals surface area (Å²) in [6, 6.07) is 2.17. The quantitative estimate of drug-likeness (QED) is 0.636. The summed E-state index contributed by atoms with van der Waals surface area (Å²) in [6.45, 7) is 0. The standard InChI is InChI=1S/C9H11ClS/c10-9(8-1-2-8)5-7-3-4-11-6-7/h3-4,6,8-9H,1-2,5H2. The fourth-order valence-electron chi connectivity index (χ4n) is 1.26. The molecule has 0 aliphatic heterocycles. The van der Waals surface area contributed by atoms with Crippen molar-refractivity contribution in [2.75, 3.05) is 0 Å². The van der Waals surface area contributed by atoms with E-state index >= 15 is 0 Å². The minimum atomic E-state index is 0.393. The first-order valence-corrected chi connectivity index (χ1v) is 5.39. The van der Waals surface area contributed by atoms with Crippen LogP contribution >= 0.6 is 22.9 Å². The van der Waals surface area contributed by atoms with Gasteiger partial charge in [0, 0.05) is 5.38 Å². The zero-order valence-electron chi connectivity index (χ0n) is 6.29. The molecule has 60 valence electrons. The minimum Gasteiger partial charge on any atom is -0.152 e. The highest BCUT2D eigenvalue weighted by molar-refractivity contribution is 7.07. The van der Waals surface area contributed by atoms with Crippen LogP contribution in [0.25, 0.3) is 0 Å². The average molecular weight is 187 g/mol. The van der Waals surface area contributed by atoms with Gasteiger partial charge in [-0.1, -0.05) is 0 Å². The first-order valence-electron chi connectivity index (χ1n) is 4.01. The predicted molar refractivity (Wildman–Crippen MR) is 50.4 cm³/mol. The van der Waals surface area contributed by atoms with Crippen molar-refractivity contribution >= 4 is 22.9 Å². The Hall–Kier alpha value is -0.0100. The maximum atomic E-state index is 6.17. The summed E-state index contributed by atoms with van der Waals surface area (Å²) >= 11 is 7.93. The Bertz CT molecular complexity index is 213. The van der Waals surface area contributed by atoms with E-state index in [9.17, 15) is 0 Å². The molecule has 1 saturated carbocycles. The van der Waals surface area contributed by atoms with Gasteiger partial charge < -0.3 is 0 Å². The topological polar surface area (TPSA) is 0 Å². The van der Waals surface area contributed by atoms with Crippen molar-refractivity contribution < 1.29 is 0 Å². The molecule has 1 aromatic rings. The van der Waals surface area contributed by atoms with Gasteiger partial charge in [0.2, 0.25) is 0 Å². The fourth-order valence-corrected chi connectivity index (χ4v) is 2.37. The van der Waals surface area contributed by atoms with Crippen LogP contribution in [0.5, 0.6) is 0 Å². The lowest BCUT2D eigenvalue weighted by Gasteiger charge is -2.04. The van der Waals surface area contributed by atoms with Crippen LogP contribution < -0.4 is 0 Å². The van der Waals surface area contributed by atoms with E-state index in [1.165, 1.54) is 18.4 Å². The molecule has 1 heterocycles. The van der Waals surface area contributed by atoms with Crippen molar-refractivity contribution in [1.82, 2.24) is 0 Å². The van der Waals surface area contributed by atoms with Crippen LogP contribution in [0.2, 0.25) is 0 Å². The Morgan fingerprint density at radius 1 is 1.64 bits per heavy atom. The highest BCUT2D eigenvalue weighted by atomic mass is 35.5. The summed E-state index contributed by atoms with van der Waals surface area (Å²) in [7, 11) is 0. The second-order valence-electron chi connectivity index (χ2n) is 3.19. The number of rotatable bonds is 3. The van der Waals surface area contributed by atoms with Crippen LogP contribution in [0.1, 0.15) is 18.4 Å². The highest BCUT2D eigenvalue weighted by Crippen LogP contribution is 2.37. The Kier molecular flexibility index (Phi) is 2.19. The Labute approximate surface area is 76.2 Å². The van der Waals surface area contributed by atoms with Crippen LogP contribution in [0, 0.1) is 5.92 Å². The van der Waals surface area contributed by atoms with Crippen molar-refractivity contribution in [3.05, 3.63) is 22.4 Å². The van der Waals surface area contributed by atoms with Gasteiger partial charge in [0.15, 0.2) is 0 Å². The molecule has 1 unspecified atom stereocenters. The van der Waals surface area contributed by atoms with E-state index < -0.39 is 0 Å². The third kappa shape index (κ3) is 1.97. The van der Waals surface area contributed by atoms with Crippen LogP contribution in [-0.2, 0) is 6.42 Å². The van der Waals surface area contributed by atoms with Crippen LogP contribution in [0.15, 0.2) is 16.8 Å². The van der Waals surface area contributed by atoms with E-state index in [2.05, 4.69) is 16.8 Å². The number of hydrogen-bond donors (Lipinski definition) is 0. The number of hydrogen-bond acceptors (Lipinski definition) is 1. The smallest absolute Gasteiger partial charge is 0.0404 e. The van der Waals surface area contributed by atoms with Gasteiger partial charge in [-0.15, -0.1) is 11.6 Å². The normalized spacial score (nSPS) is 20.1. The van der Waals surface area contributed by atoms with E-state index in [1.54, 1.807) is 11.3 Å². The maximum absolute atomic E-state index is 6.17. The molecule has 2 heteroatoms. The van der Waals surface area contributed by atoms with Gasteiger partial charge in [-0.2, -0.15) is 11.3 Å². The number of halogens is 1. The molecule has 0 spiro atoms. The summed E-state index contributed by atoms with van der Waals surface area (Å²) in [4.78, 5) is 0. The van der Waals surface area contributed by atoms with Crippen molar-refractivity contribution in [1.29, 1.82) is 0 Å². The molecule has 1 fully saturated rings. The molecule has 1 aliphatic carbocycles. The molecule has 0 nitrogen and oxygen atoms in total. The molecule has 0 bridgehead atoms. The highest BCUT2D eigenvalue weighted by Gasteiger charge is 2.29. The molecule has 11 heavy (non-hydrogen) atoms. The lowest BCUT2D eigenvalue weighted by atomic mass is 10.1. The average Bonchev–Trinajstić information content (AvgIpc) is 2.73. The molecule has 0 amide bonds. The van der Waals surface area contributed by atoms with E-state index in [1.807, 2.05) is 0 Å². The van der Waals surface area contributed by atoms with Gasteiger partial charge in [0.1, 0.15) is 0 Å². The largest absolute Gasteiger partial charge is 0.152 e. The molecular weight excluding hydrogens is 176 g/mol. The van der Waals surface area contributed by atoms with Crippen molar-refractivity contribution in [2.45, 2.75) is 24.6 Å². The molecule has 1 atom stereocenters. The lowest BCUT2D eigenvalue weighted by Crippen LogP contribution is -2.04. The van der Waals surface area contributed by atoms with Gasteiger partial charge in [0.05, 0.1) is 0 Å². The van der Waals surface area contributed by atoms with Gasteiger partial charge in [-0.3, -0.25) is 0 Å². The minimum absolute atomic E-state index is 0.393. The van der Waals surface area contributed by atoms with Crippen molar-refractivity contribution in [3.63, 3.8) is 0 Å². The summed E-state index contributed by atoms with van der Waals surface area (Å²) in [5.41, 5.74) is 1.40. The number of thiophene rings is 1. The Balaban J connectivity index is 1.89. The van der Waals surface area contributed by atoms with Gasteiger partial charge >= 0.3 is 0 Å². The molecule has 0 radical (unpaired) electrons. The van der Waals surface area contributed by atoms with E-state index in [0.717, 1.165) is 12.3 Å². The van der Waals surface area contributed by atoms with Crippen LogP contribution in [-0.4, -0.2) is 5.38 Å². The van der Waals surface area contributed by atoms with Crippen molar-refractivity contribution in [2.24, 2.45) is 5.92 Å². The molecule has 1 aromatic heterocycles. The molecule has 2 rings (SSSR count). The van der Waals surface area contributed by atoms with E-state index in [-0.39, 0.29) is 0 Å². The summed E-state index contributed by atoms with van der Waals surface area (Å²) in [5.74, 6) is 0.816. The Morgan fingerprint density at radius 3 is 3.00 bits per heavy atom. The molecular formula is C9H11ClS. The van der Waals surface area contributed by atoms with Gasteiger partial charge in [0.25, 0.3) is 0 Å². The fraction of sp³-hybridized carbons (Fsp3) is 0.556. The summed E-state index contributed by atoms with van der Waals surface area (Å²) in [5, 5.41) is 4.70. The molecule has 0 N–H and O–H groups in total. The second-order valence-corrected chi connectivity index (χ2v) is 4.53. The third-order valence-corrected chi connectivity index (χ3v) is 3.39. The SMILES string of the molecule is ClC(Cc1ccsc1)C1CC1. The second kappa shape index (κ2) is 3.16. The third-order valence-electron chi connectivity index (χ3n) is 2.14. The monoisotopic (exact) mass is 186 g/mol. The molecule has 0 saturated heterocycles. The zero-order chi connectivity index (χ0) is 7.68. The van der Waals surface area contributed by atoms with Crippen LogP contribution in [0.4, 0.5) is 0 Å². The predicted octanol–water partition coefficient (Wildman–Crippen LogP) is 3.31. The maximum Gasteiger partial charge on any atom is 0.0404 e. The zero-order valence-corrected chi connectivity index (χ0v) is 7.87. The molecule has 0 aromatic carbocycles. The van der Waals surface area contributed by atoms with Crippen LogP contribution in [0.3, 0.4) is 0 Å². The van der Waals surface area contributed by atoms with Crippen molar-refractivity contribution in [3.8, 4) is 0 Å². The first kappa shape index (κ1) is 7.63. The summed E-state index contributed by atoms with van der Waals surface area (Å²) in [6.07, 6.45) is 3.76. The number of alkyl halides is 1. The summed E-state index contributed by atoms with van der Waals surface area (Å²) < 4.78 is 0. The van der Waals surface area contributed by atoms with E-state index in [0.29, 0.717) is 5.38 Å². The van der Waals surface area contributed by atoms with Gasteiger partial charge in [-0.25, -0.2) is 0 Å². The van der Waals surface area contributed by atoms with E-state index in [4.69, 9.17) is 11.6 Å². The molecule has 1 aliphatic rings. The van der Waals surface area contributed by atoms with Gasteiger partial charge in [-0.05, 0) is 47.6 Å². The Morgan fingerprint density at radius 2 is 2.45 bits per heavy atom. The lowest BCUT2D eigenvalue weighted by molar-refractivity contribution is 0.739. The first-order chi connectivity index (χ1) is 5.36.